The van der Waals surface area contributed by atoms with Crippen molar-refractivity contribution in [2.75, 3.05) is 11.2 Å². The van der Waals surface area contributed by atoms with Crippen molar-refractivity contribution in [3.63, 3.8) is 0 Å². The summed E-state index contributed by atoms with van der Waals surface area (Å²) >= 11 is 7.31. The molecule has 2 aromatic carbocycles. The van der Waals surface area contributed by atoms with E-state index in [4.69, 9.17) is 17.4 Å². The number of amides is 1. The predicted molar refractivity (Wildman–Crippen MR) is 106 cm³/mol. The Morgan fingerprint density at radius 1 is 1.30 bits per heavy atom. The first-order valence-electron chi connectivity index (χ1n) is 8.06. The molecule has 3 rings (SSSR count). The average molecular weight is 406 g/mol. The number of benzene rings is 2. The third-order valence-corrected chi connectivity index (χ3v) is 5.26. The molecular weight excluding hydrogens is 389 g/mol. The van der Waals surface area contributed by atoms with Crippen LogP contribution in [0.2, 0.25) is 5.02 Å². The van der Waals surface area contributed by atoms with Crippen molar-refractivity contribution in [3.05, 3.63) is 58.9 Å². The maximum absolute atomic E-state index is 13.6. The average Bonchev–Trinajstić information content (AvgIpc) is 2.99. The highest BCUT2D eigenvalue weighted by atomic mass is 35.5. The summed E-state index contributed by atoms with van der Waals surface area (Å²) in [5, 5.41) is 11.1. The molecule has 6 nitrogen and oxygen atoms in total. The van der Waals surface area contributed by atoms with E-state index in [1.165, 1.54) is 10.7 Å². The molecule has 0 aliphatic rings. The number of thioether (sulfide) groups is 1. The van der Waals surface area contributed by atoms with Crippen LogP contribution < -0.4 is 11.2 Å². The molecule has 0 bridgehead atoms. The highest BCUT2D eigenvalue weighted by Gasteiger charge is 2.21. The van der Waals surface area contributed by atoms with E-state index in [-0.39, 0.29) is 11.7 Å². The Morgan fingerprint density at radius 3 is 2.74 bits per heavy atom. The quantitative estimate of drug-likeness (QED) is 0.497. The lowest BCUT2D eigenvalue weighted by Crippen LogP contribution is -2.23. The lowest BCUT2D eigenvalue weighted by Gasteiger charge is -2.12. The van der Waals surface area contributed by atoms with Crippen LogP contribution in [0.1, 0.15) is 12.5 Å². The fourth-order valence-corrected chi connectivity index (χ4v) is 3.30. The Kier molecular flexibility index (Phi) is 5.67. The molecule has 1 atom stereocenters. The van der Waals surface area contributed by atoms with Crippen LogP contribution in [0.3, 0.4) is 0 Å². The number of anilines is 1. The number of carbonyl (C=O) groups is 1. The van der Waals surface area contributed by atoms with Crippen molar-refractivity contribution in [1.82, 2.24) is 14.9 Å². The first-order valence-corrected chi connectivity index (χ1v) is 9.31. The van der Waals surface area contributed by atoms with Crippen LogP contribution in [0, 0.1) is 12.7 Å². The Labute approximate surface area is 164 Å². The number of aryl methyl sites for hydroxylation is 1. The molecule has 9 heteroatoms. The van der Waals surface area contributed by atoms with E-state index in [9.17, 15) is 9.18 Å². The SMILES string of the molecule is Cc1ccc(NC(=O)[C@@H](C)Sc2nnc(-c3ccccc3Cl)n2N)cc1F. The summed E-state index contributed by atoms with van der Waals surface area (Å²) in [4.78, 5) is 12.4. The molecule has 3 aromatic rings. The van der Waals surface area contributed by atoms with Crippen LogP contribution in [0.5, 0.6) is 0 Å². The fraction of sp³-hybridized carbons (Fsp3) is 0.167. The van der Waals surface area contributed by atoms with Crippen molar-refractivity contribution in [3.8, 4) is 11.4 Å². The summed E-state index contributed by atoms with van der Waals surface area (Å²) in [5.74, 6) is 5.80. The van der Waals surface area contributed by atoms with Crippen molar-refractivity contribution < 1.29 is 9.18 Å². The van der Waals surface area contributed by atoms with Crippen molar-refractivity contribution in [2.24, 2.45) is 0 Å². The number of nitrogens with two attached hydrogens (primary N) is 1. The molecule has 0 fully saturated rings. The van der Waals surface area contributed by atoms with Crippen LogP contribution in [-0.2, 0) is 4.79 Å². The molecular formula is C18H17ClFN5OS. The number of rotatable bonds is 5. The third-order valence-electron chi connectivity index (χ3n) is 3.87. The van der Waals surface area contributed by atoms with Crippen molar-refractivity contribution in [2.45, 2.75) is 24.3 Å². The second-order valence-corrected chi connectivity index (χ2v) is 7.58. The van der Waals surface area contributed by atoms with E-state index in [1.807, 2.05) is 6.07 Å². The second kappa shape index (κ2) is 7.98. The van der Waals surface area contributed by atoms with Gasteiger partial charge in [0.2, 0.25) is 11.1 Å². The van der Waals surface area contributed by atoms with Gasteiger partial charge >= 0.3 is 0 Å². The molecule has 0 aliphatic heterocycles. The first-order chi connectivity index (χ1) is 12.9. The molecule has 1 heterocycles. The van der Waals surface area contributed by atoms with E-state index < -0.39 is 5.25 Å². The number of hydrogen-bond acceptors (Lipinski definition) is 5. The van der Waals surface area contributed by atoms with E-state index in [0.29, 0.717) is 32.8 Å². The van der Waals surface area contributed by atoms with Gasteiger partial charge in [0.15, 0.2) is 5.82 Å². The highest BCUT2D eigenvalue weighted by molar-refractivity contribution is 8.00. The summed E-state index contributed by atoms with van der Waals surface area (Å²) in [6, 6.07) is 11.7. The minimum atomic E-state index is -0.528. The Hall–Kier alpha value is -2.58. The van der Waals surface area contributed by atoms with Crippen LogP contribution in [0.4, 0.5) is 10.1 Å². The third kappa shape index (κ3) is 4.23. The molecule has 140 valence electrons. The normalized spacial score (nSPS) is 12.0. The van der Waals surface area contributed by atoms with Crippen LogP contribution >= 0.6 is 23.4 Å². The maximum Gasteiger partial charge on any atom is 0.237 e. The van der Waals surface area contributed by atoms with Gasteiger partial charge < -0.3 is 11.2 Å². The largest absolute Gasteiger partial charge is 0.335 e. The van der Waals surface area contributed by atoms with Gasteiger partial charge in [0.25, 0.3) is 0 Å². The molecule has 0 unspecified atom stereocenters. The summed E-state index contributed by atoms with van der Waals surface area (Å²) < 4.78 is 14.9. The monoisotopic (exact) mass is 405 g/mol. The molecule has 0 radical (unpaired) electrons. The Balaban J connectivity index is 1.72. The maximum atomic E-state index is 13.6. The highest BCUT2D eigenvalue weighted by Crippen LogP contribution is 2.29. The molecule has 0 spiro atoms. The van der Waals surface area contributed by atoms with E-state index >= 15 is 0 Å². The molecule has 1 amide bonds. The molecule has 27 heavy (non-hydrogen) atoms. The Bertz CT molecular complexity index is 994. The van der Waals surface area contributed by atoms with Gasteiger partial charge in [-0.2, -0.15) is 0 Å². The smallest absolute Gasteiger partial charge is 0.237 e. The van der Waals surface area contributed by atoms with Gasteiger partial charge in [-0.15, -0.1) is 10.2 Å². The minimum Gasteiger partial charge on any atom is -0.335 e. The van der Waals surface area contributed by atoms with Gasteiger partial charge in [-0.25, -0.2) is 9.07 Å². The van der Waals surface area contributed by atoms with Crippen LogP contribution in [0.25, 0.3) is 11.4 Å². The number of hydrogen-bond donors (Lipinski definition) is 2. The van der Waals surface area contributed by atoms with E-state index in [1.54, 1.807) is 44.2 Å². The van der Waals surface area contributed by atoms with E-state index in [0.717, 1.165) is 11.8 Å². The zero-order valence-electron chi connectivity index (χ0n) is 14.6. The zero-order valence-corrected chi connectivity index (χ0v) is 16.2. The number of nitrogens with one attached hydrogen (secondary N) is 1. The molecule has 0 aliphatic carbocycles. The van der Waals surface area contributed by atoms with Crippen LogP contribution in [0.15, 0.2) is 47.6 Å². The summed E-state index contributed by atoms with van der Waals surface area (Å²) in [5.41, 5.74) is 1.55. The van der Waals surface area contributed by atoms with Crippen LogP contribution in [-0.4, -0.2) is 26.0 Å². The molecule has 0 saturated carbocycles. The second-order valence-electron chi connectivity index (χ2n) is 5.87. The number of halogens is 2. The number of aromatic nitrogens is 3. The Morgan fingerprint density at radius 2 is 2.04 bits per heavy atom. The van der Waals surface area contributed by atoms with Gasteiger partial charge in [0.05, 0.1) is 10.3 Å². The standard InChI is InChI=1S/C18H17ClFN5OS/c1-10-7-8-12(9-15(10)20)22-17(26)11(2)27-18-24-23-16(25(18)21)13-5-3-4-6-14(13)19/h3-9,11H,21H2,1-2H3,(H,22,26)/t11-/m1/s1. The molecule has 0 saturated heterocycles. The van der Waals surface area contributed by atoms with Crippen molar-refractivity contribution in [1.29, 1.82) is 0 Å². The number of nitrogen functional groups attached to an aromatic ring is 1. The molecule has 1 aromatic heterocycles. The van der Waals surface area contributed by atoms with Gasteiger partial charge in [0, 0.05) is 11.3 Å². The summed E-state index contributed by atoms with van der Waals surface area (Å²) in [7, 11) is 0. The summed E-state index contributed by atoms with van der Waals surface area (Å²) in [6.45, 7) is 3.36. The first kappa shape index (κ1) is 19.2. The van der Waals surface area contributed by atoms with Gasteiger partial charge in [-0.3, -0.25) is 4.79 Å². The van der Waals surface area contributed by atoms with Gasteiger partial charge in [-0.05, 0) is 43.7 Å². The lowest BCUT2D eigenvalue weighted by molar-refractivity contribution is -0.115. The van der Waals surface area contributed by atoms with Gasteiger partial charge in [-0.1, -0.05) is 41.6 Å². The lowest BCUT2D eigenvalue weighted by atomic mass is 10.2. The summed E-state index contributed by atoms with van der Waals surface area (Å²) in [6.07, 6.45) is 0. The predicted octanol–water partition coefficient (Wildman–Crippen LogP) is 3.88. The van der Waals surface area contributed by atoms with Crippen molar-refractivity contribution >= 4 is 35.0 Å². The number of carbonyl (C=O) groups excluding carboxylic acids is 1. The topological polar surface area (TPSA) is 85.8 Å². The van der Waals surface area contributed by atoms with Gasteiger partial charge in [0.1, 0.15) is 5.82 Å². The molecule has 3 N–H and O–H groups in total. The number of nitrogens with zero attached hydrogens (tertiary/aromatic N) is 3. The fourth-order valence-electron chi connectivity index (χ4n) is 2.31. The van der Waals surface area contributed by atoms with E-state index in [2.05, 4.69) is 15.5 Å². The zero-order chi connectivity index (χ0) is 19.6. The minimum absolute atomic E-state index is 0.300.